The van der Waals surface area contributed by atoms with Crippen LogP contribution < -0.4 is 10.6 Å². The lowest BCUT2D eigenvalue weighted by Crippen LogP contribution is -2.41. The van der Waals surface area contributed by atoms with Crippen LogP contribution in [0.5, 0.6) is 0 Å². The number of carbonyl (C=O) groups is 2. The van der Waals surface area contributed by atoms with Gasteiger partial charge < -0.3 is 20.0 Å². The number of halogens is 3. The van der Waals surface area contributed by atoms with Crippen LogP contribution >= 0.6 is 0 Å². The van der Waals surface area contributed by atoms with E-state index in [4.69, 9.17) is 4.42 Å². The molecule has 1 saturated heterocycles. The topological polar surface area (TPSA) is 74.6 Å². The molecule has 0 unspecified atom stereocenters. The van der Waals surface area contributed by atoms with Gasteiger partial charge in [0, 0.05) is 31.4 Å². The summed E-state index contributed by atoms with van der Waals surface area (Å²) in [5, 5.41) is 5.25. The number of anilines is 1. The average molecular weight is 421 g/mol. The molecule has 6 nitrogen and oxygen atoms in total. The maximum absolute atomic E-state index is 12.6. The molecule has 0 bridgehead atoms. The molecule has 0 aliphatic carbocycles. The van der Waals surface area contributed by atoms with Gasteiger partial charge in [0.2, 0.25) is 5.91 Å². The number of hydrogen-bond donors (Lipinski definition) is 2. The van der Waals surface area contributed by atoms with Crippen molar-refractivity contribution in [3.63, 3.8) is 0 Å². The molecule has 1 aliphatic rings. The minimum atomic E-state index is -4.41. The maximum Gasteiger partial charge on any atom is 0.416 e. The highest BCUT2D eigenvalue weighted by Crippen LogP contribution is 2.29. The molecular formula is C21H22F3N3O3. The number of nitrogens with one attached hydrogen (secondary N) is 2. The Kier molecular flexibility index (Phi) is 6.81. The van der Waals surface area contributed by atoms with Crippen molar-refractivity contribution >= 4 is 23.7 Å². The average Bonchev–Trinajstić information content (AvgIpc) is 3.24. The van der Waals surface area contributed by atoms with Crippen LogP contribution in [0, 0.1) is 5.92 Å². The number of likely N-dealkylation sites (tertiary alicyclic amines) is 1. The van der Waals surface area contributed by atoms with Crippen molar-refractivity contribution < 1.29 is 27.2 Å². The van der Waals surface area contributed by atoms with Crippen LogP contribution in [0.25, 0.3) is 6.08 Å². The Balaban J connectivity index is 1.38. The van der Waals surface area contributed by atoms with Gasteiger partial charge in [-0.1, -0.05) is 0 Å². The van der Waals surface area contributed by atoms with Crippen molar-refractivity contribution in [2.45, 2.75) is 19.0 Å². The lowest BCUT2D eigenvalue weighted by Gasteiger charge is -2.31. The normalized spacial score (nSPS) is 15.4. The number of furan rings is 1. The molecule has 1 aromatic heterocycles. The second-order valence-electron chi connectivity index (χ2n) is 7.03. The Labute approximate surface area is 171 Å². The van der Waals surface area contributed by atoms with Crippen LogP contribution in [0.3, 0.4) is 0 Å². The fourth-order valence-corrected chi connectivity index (χ4v) is 3.16. The zero-order chi connectivity index (χ0) is 21.6. The van der Waals surface area contributed by atoms with Crippen LogP contribution in [0.2, 0.25) is 0 Å². The van der Waals surface area contributed by atoms with E-state index in [0.717, 1.165) is 25.0 Å². The number of hydrogen-bond acceptors (Lipinski definition) is 3. The third-order valence-electron chi connectivity index (χ3n) is 4.88. The van der Waals surface area contributed by atoms with Crippen molar-refractivity contribution in [3.8, 4) is 0 Å². The number of rotatable bonds is 5. The van der Waals surface area contributed by atoms with Crippen molar-refractivity contribution in [3.05, 3.63) is 60.1 Å². The van der Waals surface area contributed by atoms with E-state index in [-0.39, 0.29) is 17.5 Å². The SMILES string of the molecule is O=C(NCC1CCN(C(=O)/C=C/c2ccco2)CC1)Nc1ccc(C(F)(F)F)cc1. The number of alkyl halides is 3. The van der Waals surface area contributed by atoms with Crippen LogP contribution in [0.15, 0.2) is 53.2 Å². The molecule has 2 heterocycles. The van der Waals surface area contributed by atoms with Gasteiger partial charge in [-0.2, -0.15) is 13.2 Å². The summed E-state index contributed by atoms with van der Waals surface area (Å²) in [4.78, 5) is 25.9. The van der Waals surface area contributed by atoms with E-state index < -0.39 is 17.8 Å². The zero-order valence-corrected chi connectivity index (χ0v) is 16.1. The smallest absolute Gasteiger partial charge is 0.416 e. The first-order chi connectivity index (χ1) is 14.3. The highest BCUT2D eigenvalue weighted by atomic mass is 19.4. The van der Waals surface area contributed by atoms with E-state index in [1.807, 2.05) is 0 Å². The monoisotopic (exact) mass is 421 g/mol. The summed E-state index contributed by atoms with van der Waals surface area (Å²) in [7, 11) is 0. The molecule has 2 aromatic rings. The van der Waals surface area contributed by atoms with Gasteiger partial charge in [-0.3, -0.25) is 4.79 Å². The van der Waals surface area contributed by atoms with Crippen molar-refractivity contribution in [2.24, 2.45) is 5.92 Å². The molecule has 1 aromatic carbocycles. The Bertz CT molecular complexity index is 869. The summed E-state index contributed by atoms with van der Waals surface area (Å²) in [6.45, 7) is 1.61. The van der Waals surface area contributed by atoms with Gasteiger partial charge in [-0.15, -0.1) is 0 Å². The molecule has 160 valence electrons. The van der Waals surface area contributed by atoms with Crippen LogP contribution in [-0.4, -0.2) is 36.5 Å². The fourth-order valence-electron chi connectivity index (χ4n) is 3.16. The largest absolute Gasteiger partial charge is 0.465 e. The van der Waals surface area contributed by atoms with Crippen LogP contribution in [0.4, 0.5) is 23.7 Å². The molecule has 0 radical (unpaired) electrons. The van der Waals surface area contributed by atoms with E-state index in [1.54, 1.807) is 23.1 Å². The molecule has 9 heteroatoms. The number of carbonyl (C=O) groups excluding carboxylic acids is 2. The third kappa shape index (κ3) is 6.13. The standard InChI is InChI=1S/C21H22F3N3O3/c22-21(23,24)16-3-5-17(6-4-16)26-20(29)25-14-15-9-11-27(12-10-15)19(28)8-7-18-2-1-13-30-18/h1-8,13,15H,9-12,14H2,(H2,25,26,29)/b8-7+. The van der Waals surface area contributed by atoms with Gasteiger partial charge in [0.15, 0.2) is 0 Å². The molecule has 30 heavy (non-hydrogen) atoms. The summed E-state index contributed by atoms with van der Waals surface area (Å²) >= 11 is 0. The van der Waals surface area contributed by atoms with Gasteiger partial charge in [-0.05, 0) is 61.2 Å². The lowest BCUT2D eigenvalue weighted by molar-refractivity contribution is -0.137. The predicted octanol–water partition coefficient (Wildman–Crippen LogP) is 4.37. The van der Waals surface area contributed by atoms with Gasteiger partial charge in [-0.25, -0.2) is 4.79 Å². The maximum atomic E-state index is 12.6. The highest BCUT2D eigenvalue weighted by molar-refractivity contribution is 5.91. The first kappa shape index (κ1) is 21.5. The molecule has 1 aliphatic heterocycles. The predicted molar refractivity (Wildman–Crippen MR) is 106 cm³/mol. The van der Waals surface area contributed by atoms with Crippen LogP contribution in [-0.2, 0) is 11.0 Å². The van der Waals surface area contributed by atoms with E-state index >= 15 is 0 Å². The molecule has 0 saturated carbocycles. The summed E-state index contributed by atoms with van der Waals surface area (Å²) in [6, 6.07) is 7.29. The Morgan fingerprint density at radius 1 is 1.13 bits per heavy atom. The Hall–Kier alpha value is -3.23. The molecule has 3 rings (SSSR count). The first-order valence-corrected chi connectivity index (χ1v) is 9.54. The summed E-state index contributed by atoms with van der Waals surface area (Å²) in [5.41, 5.74) is -0.488. The quantitative estimate of drug-likeness (QED) is 0.704. The second kappa shape index (κ2) is 9.51. The molecular weight excluding hydrogens is 399 g/mol. The molecule has 0 spiro atoms. The summed E-state index contributed by atoms with van der Waals surface area (Å²) in [5.74, 6) is 0.751. The number of amides is 3. The second-order valence-corrected chi connectivity index (χ2v) is 7.03. The Morgan fingerprint density at radius 3 is 2.43 bits per heavy atom. The zero-order valence-electron chi connectivity index (χ0n) is 16.1. The first-order valence-electron chi connectivity index (χ1n) is 9.54. The molecule has 0 atom stereocenters. The fraction of sp³-hybridized carbons (Fsp3) is 0.333. The third-order valence-corrected chi connectivity index (χ3v) is 4.88. The van der Waals surface area contributed by atoms with Gasteiger partial charge in [0.25, 0.3) is 0 Å². The van der Waals surface area contributed by atoms with Crippen molar-refractivity contribution in [2.75, 3.05) is 25.0 Å². The summed E-state index contributed by atoms with van der Waals surface area (Å²) < 4.78 is 42.8. The molecule has 3 amide bonds. The number of piperidine rings is 1. The highest BCUT2D eigenvalue weighted by Gasteiger charge is 2.30. The lowest BCUT2D eigenvalue weighted by atomic mass is 9.97. The van der Waals surface area contributed by atoms with E-state index in [2.05, 4.69) is 10.6 Å². The minimum Gasteiger partial charge on any atom is -0.465 e. The molecule has 1 fully saturated rings. The van der Waals surface area contributed by atoms with E-state index in [9.17, 15) is 22.8 Å². The number of urea groups is 1. The minimum absolute atomic E-state index is 0.0853. The molecule has 2 N–H and O–H groups in total. The van der Waals surface area contributed by atoms with E-state index in [1.165, 1.54) is 24.5 Å². The van der Waals surface area contributed by atoms with E-state index in [0.29, 0.717) is 25.4 Å². The van der Waals surface area contributed by atoms with Crippen molar-refractivity contribution in [1.82, 2.24) is 10.2 Å². The number of benzene rings is 1. The summed E-state index contributed by atoms with van der Waals surface area (Å²) in [6.07, 6.45) is 1.74. The van der Waals surface area contributed by atoms with Crippen molar-refractivity contribution in [1.29, 1.82) is 0 Å². The Morgan fingerprint density at radius 2 is 1.83 bits per heavy atom. The number of nitrogens with zero attached hydrogens (tertiary/aromatic N) is 1. The van der Waals surface area contributed by atoms with Gasteiger partial charge in [0.05, 0.1) is 11.8 Å². The van der Waals surface area contributed by atoms with Crippen LogP contribution in [0.1, 0.15) is 24.2 Å². The van der Waals surface area contributed by atoms with Gasteiger partial charge >= 0.3 is 12.2 Å². The van der Waals surface area contributed by atoms with Gasteiger partial charge in [0.1, 0.15) is 5.76 Å².